The SMILES string of the molecule is CCOc1ccc(C(=O)NCC(=O)N2CC[C@H]3CCCC[C@@H]3C2)cc1OCC. The molecule has 2 atom stereocenters. The van der Waals surface area contributed by atoms with E-state index in [4.69, 9.17) is 9.47 Å². The molecule has 1 aromatic rings. The number of carbonyl (C=O) groups excluding carboxylic acids is 2. The molecular formula is C22H32N2O4. The van der Waals surface area contributed by atoms with E-state index in [9.17, 15) is 9.59 Å². The maximum absolute atomic E-state index is 12.6. The van der Waals surface area contributed by atoms with Crippen LogP contribution in [0.4, 0.5) is 0 Å². The first kappa shape index (κ1) is 20.5. The minimum atomic E-state index is -0.273. The van der Waals surface area contributed by atoms with E-state index in [0.717, 1.165) is 25.4 Å². The number of amides is 2. The van der Waals surface area contributed by atoms with Gasteiger partial charge in [0, 0.05) is 18.7 Å². The minimum absolute atomic E-state index is 0.00772. The number of rotatable bonds is 7. The number of fused-ring (bicyclic) bond motifs is 1. The van der Waals surface area contributed by atoms with Crippen LogP contribution in [0.25, 0.3) is 0 Å². The molecule has 0 radical (unpaired) electrons. The average Bonchev–Trinajstić information content (AvgIpc) is 2.73. The van der Waals surface area contributed by atoms with Crippen molar-refractivity contribution in [1.29, 1.82) is 0 Å². The standard InChI is InChI=1S/C22H32N2O4/c1-3-27-19-10-9-17(13-20(19)28-4-2)22(26)23-14-21(25)24-12-11-16-7-5-6-8-18(16)15-24/h9-10,13,16,18H,3-8,11-12,14-15H2,1-2H3,(H,23,26)/t16-,18-/m1/s1. The van der Waals surface area contributed by atoms with Crippen LogP contribution >= 0.6 is 0 Å². The number of nitrogens with one attached hydrogen (secondary N) is 1. The molecule has 3 rings (SSSR count). The Morgan fingerprint density at radius 3 is 2.50 bits per heavy atom. The summed E-state index contributed by atoms with van der Waals surface area (Å²) in [5.74, 6) is 2.32. The number of ether oxygens (including phenoxy) is 2. The normalized spacial score (nSPS) is 21.6. The van der Waals surface area contributed by atoms with Crippen molar-refractivity contribution in [3.8, 4) is 11.5 Å². The average molecular weight is 389 g/mol. The molecule has 1 saturated heterocycles. The molecule has 0 aromatic heterocycles. The number of hydrogen-bond acceptors (Lipinski definition) is 4. The molecule has 6 heteroatoms. The third kappa shape index (κ3) is 4.97. The van der Waals surface area contributed by atoms with E-state index in [1.807, 2.05) is 18.7 Å². The number of hydrogen-bond donors (Lipinski definition) is 1. The molecule has 2 amide bonds. The van der Waals surface area contributed by atoms with Gasteiger partial charge >= 0.3 is 0 Å². The summed E-state index contributed by atoms with van der Waals surface area (Å²) in [6.07, 6.45) is 6.24. The fourth-order valence-corrected chi connectivity index (χ4v) is 4.39. The van der Waals surface area contributed by atoms with E-state index >= 15 is 0 Å². The Bertz CT molecular complexity index is 691. The van der Waals surface area contributed by atoms with Gasteiger partial charge in [-0.15, -0.1) is 0 Å². The highest BCUT2D eigenvalue weighted by atomic mass is 16.5. The summed E-state index contributed by atoms with van der Waals surface area (Å²) in [5, 5.41) is 2.76. The van der Waals surface area contributed by atoms with E-state index in [2.05, 4.69) is 5.32 Å². The van der Waals surface area contributed by atoms with Gasteiger partial charge in [0.1, 0.15) is 0 Å². The van der Waals surface area contributed by atoms with Crippen LogP contribution in [0.1, 0.15) is 56.3 Å². The summed E-state index contributed by atoms with van der Waals surface area (Å²) in [4.78, 5) is 27.0. The minimum Gasteiger partial charge on any atom is -0.490 e. The first-order valence-electron chi connectivity index (χ1n) is 10.6. The second kappa shape index (κ2) is 9.80. The highest BCUT2D eigenvalue weighted by Crippen LogP contribution is 2.36. The molecule has 1 aliphatic carbocycles. The third-order valence-electron chi connectivity index (χ3n) is 5.85. The lowest BCUT2D eigenvalue weighted by Gasteiger charge is -2.41. The van der Waals surface area contributed by atoms with E-state index in [1.165, 1.54) is 25.7 Å². The van der Waals surface area contributed by atoms with Gasteiger partial charge in [0.15, 0.2) is 11.5 Å². The predicted octanol–water partition coefficient (Wildman–Crippen LogP) is 3.25. The number of benzene rings is 1. The van der Waals surface area contributed by atoms with Crippen LogP contribution in [0.15, 0.2) is 18.2 Å². The van der Waals surface area contributed by atoms with Crippen LogP contribution in [0.3, 0.4) is 0 Å². The molecule has 28 heavy (non-hydrogen) atoms. The van der Waals surface area contributed by atoms with E-state index in [1.54, 1.807) is 18.2 Å². The second-order valence-electron chi connectivity index (χ2n) is 7.64. The zero-order chi connectivity index (χ0) is 19.9. The van der Waals surface area contributed by atoms with Crippen LogP contribution in [0.2, 0.25) is 0 Å². The molecular weight excluding hydrogens is 356 g/mol. The van der Waals surface area contributed by atoms with Crippen molar-refractivity contribution in [3.05, 3.63) is 23.8 Å². The first-order chi connectivity index (χ1) is 13.6. The van der Waals surface area contributed by atoms with Crippen molar-refractivity contribution < 1.29 is 19.1 Å². The Kier molecular flexibility index (Phi) is 7.18. The van der Waals surface area contributed by atoms with E-state index in [0.29, 0.717) is 36.2 Å². The Morgan fingerprint density at radius 1 is 1.04 bits per heavy atom. The van der Waals surface area contributed by atoms with Gasteiger partial charge in [0.25, 0.3) is 5.91 Å². The van der Waals surface area contributed by atoms with Crippen LogP contribution < -0.4 is 14.8 Å². The van der Waals surface area contributed by atoms with Gasteiger partial charge in [-0.25, -0.2) is 0 Å². The highest BCUT2D eigenvalue weighted by Gasteiger charge is 2.32. The van der Waals surface area contributed by atoms with Crippen molar-refractivity contribution in [2.75, 3.05) is 32.8 Å². The Balaban J connectivity index is 1.54. The summed E-state index contributed by atoms with van der Waals surface area (Å²) < 4.78 is 11.1. The van der Waals surface area contributed by atoms with Gasteiger partial charge < -0.3 is 19.7 Å². The lowest BCUT2D eigenvalue weighted by Crippen LogP contribution is -2.48. The quantitative estimate of drug-likeness (QED) is 0.779. The largest absolute Gasteiger partial charge is 0.490 e. The lowest BCUT2D eigenvalue weighted by atomic mass is 9.75. The van der Waals surface area contributed by atoms with Crippen molar-refractivity contribution in [2.24, 2.45) is 11.8 Å². The first-order valence-corrected chi connectivity index (χ1v) is 10.6. The fraction of sp³-hybridized carbons (Fsp3) is 0.636. The van der Waals surface area contributed by atoms with Crippen LogP contribution in [0.5, 0.6) is 11.5 Å². The molecule has 1 aromatic carbocycles. The molecule has 0 spiro atoms. The molecule has 1 saturated carbocycles. The zero-order valence-corrected chi connectivity index (χ0v) is 17.0. The molecule has 2 aliphatic rings. The van der Waals surface area contributed by atoms with Gasteiger partial charge in [0.05, 0.1) is 19.8 Å². The van der Waals surface area contributed by atoms with Gasteiger partial charge in [-0.2, -0.15) is 0 Å². The number of likely N-dealkylation sites (tertiary alicyclic amines) is 1. The number of nitrogens with zero attached hydrogens (tertiary/aromatic N) is 1. The molecule has 6 nitrogen and oxygen atoms in total. The second-order valence-corrected chi connectivity index (χ2v) is 7.64. The van der Waals surface area contributed by atoms with E-state index in [-0.39, 0.29) is 18.4 Å². The van der Waals surface area contributed by atoms with Crippen molar-refractivity contribution in [3.63, 3.8) is 0 Å². The maximum Gasteiger partial charge on any atom is 0.251 e. The smallest absolute Gasteiger partial charge is 0.251 e. The van der Waals surface area contributed by atoms with E-state index < -0.39 is 0 Å². The van der Waals surface area contributed by atoms with Gasteiger partial charge in [-0.3, -0.25) is 9.59 Å². The number of carbonyl (C=O) groups is 2. The maximum atomic E-state index is 12.6. The molecule has 0 unspecified atom stereocenters. The van der Waals surface area contributed by atoms with Gasteiger partial charge in [-0.1, -0.05) is 19.3 Å². The van der Waals surface area contributed by atoms with Crippen LogP contribution in [-0.2, 0) is 4.79 Å². The zero-order valence-electron chi connectivity index (χ0n) is 17.0. The fourth-order valence-electron chi connectivity index (χ4n) is 4.39. The molecule has 154 valence electrons. The Morgan fingerprint density at radius 2 is 1.75 bits per heavy atom. The van der Waals surface area contributed by atoms with Crippen molar-refractivity contribution in [2.45, 2.75) is 46.0 Å². The highest BCUT2D eigenvalue weighted by molar-refractivity contribution is 5.97. The molecule has 1 aliphatic heterocycles. The van der Waals surface area contributed by atoms with Crippen molar-refractivity contribution >= 4 is 11.8 Å². The van der Waals surface area contributed by atoms with Crippen LogP contribution in [0, 0.1) is 11.8 Å². The topological polar surface area (TPSA) is 67.9 Å². The monoisotopic (exact) mass is 388 g/mol. The number of piperidine rings is 1. The van der Waals surface area contributed by atoms with Crippen molar-refractivity contribution in [1.82, 2.24) is 10.2 Å². The predicted molar refractivity (Wildman–Crippen MR) is 108 cm³/mol. The summed E-state index contributed by atoms with van der Waals surface area (Å²) in [7, 11) is 0. The molecule has 2 fully saturated rings. The summed E-state index contributed by atoms with van der Waals surface area (Å²) in [6, 6.07) is 5.10. The Hall–Kier alpha value is -2.24. The third-order valence-corrected chi connectivity index (χ3v) is 5.85. The summed E-state index contributed by atoms with van der Waals surface area (Å²) >= 11 is 0. The molecule has 0 bridgehead atoms. The summed E-state index contributed by atoms with van der Waals surface area (Å²) in [6.45, 7) is 6.49. The van der Waals surface area contributed by atoms with Gasteiger partial charge in [0.2, 0.25) is 5.91 Å². The molecule has 1 heterocycles. The summed E-state index contributed by atoms with van der Waals surface area (Å²) in [5.41, 5.74) is 0.464. The van der Waals surface area contributed by atoms with Gasteiger partial charge in [-0.05, 0) is 56.7 Å². The van der Waals surface area contributed by atoms with Crippen LogP contribution in [-0.4, -0.2) is 49.6 Å². The molecule has 1 N–H and O–H groups in total. The Labute approximate surface area is 167 Å². The lowest BCUT2D eigenvalue weighted by molar-refractivity contribution is -0.133.